The quantitative estimate of drug-likeness (QED) is 0.494. The molecule has 0 radical (unpaired) electrons. The number of fused-ring (bicyclic) bond motifs is 3. The van der Waals surface area contributed by atoms with E-state index in [1.807, 2.05) is 24.3 Å². The molecule has 0 saturated carbocycles. The van der Waals surface area contributed by atoms with Crippen LogP contribution in [0.4, 0.5) is 0 Å². The molecule has 0 bridgehead atoms. The Morgan fingerprint density at radius 2 is 1.62 bits per heavy atom. The minimum atomic E-state index is -3.80. The van der Waals surface area contributed by atoms with E-state index in [1.54, 1.807) is 16.4 Å². The van der Waals surface area contributed by atoms with E-state index < -0.39 is 10.0 Å². The zero-order chi connectivity index (χ0) is 22.3. The molecular weight excluding hydrogens is 463 g/mol. The van der Waals surface area contributed by atoms with Crippen molar-refractivity contribution in [2.45, 2.75) is 23.9 Å². The molecule has 166 valence electrons. The molecule has 0 N–H and O–H groups in total. The standard InChI is InChI=1S/C25H24Cl2N2O2S/c26-21-10-11-24(27)25(12-21)32(30,31)29-15-19-8-4-5-9-22(19)23-17-28(14-20(23)16-29)13-18-6-2-1-3-7-18/h1-12,20,23H,13-17H2/t20-,23+/m1/s1. The molecule has 0 spiro atoms. The van der Waals surface area contributed by atoms with E-state index in [4.69, 9.17) is 23.2 Å². The molecule has 0 aromatic heterocycles. The number of hydrogen-bond acceptors (Lipinski definition) is 3. The van der Waals surface area contributed by atoms with Crippen LogP contribution in [0.15, 0.2) is 77.7 Å². The van der Waals surface area contributed by atoms with Gasteiger partial charge in [0.05, 0.1) is 5.02 Å². The molecular formula is C25H24Cl2N2O2S. The highest BCUT2D eigenvalue weighted by molar-refractivity contribution is 7.89. The fourth-order valence-electron chi connectivity index (χ4n) is 5.02. The molecule has 0 aliphatic carbocycles. The predicted octanol–water partition coefficient (Wildman–Crippen LogP) is 5.41. The smallest absolute Gasteiger partial charge is 0.244 e. The van der Waals surface area contributed by atoms with Crippen LogP contribution in [0.1, 0.15) is 22.6 Å². The molecule has 3 aromatic carbocycles. The Kier molecular flexibility index (Phi) is 6.03. The largest absolute Gasteiger partial charge is 0.298 e. The number of nitrogens with zero attached hydrogens (tertiary/aromatic N) is 2. The Labute approximate surface area is 199 Å². The molecule has 1 fully saturated rings. The lowest BCUT2D eigenvalue weighted by atomic mass is 9.87. The van der Waals surface area contributed by atoms with Crippen LogP contribution in [0.25, 0.3) is 0 Å². The molecule has 3 aromatic rings. The van der Waals surface area contributed by atoms with Crippen molar-refractivity contribution in [3.05, 3.63) is 99.5 Å². The lowest BCUT2D eigenvalue weighted by Crippen LogP contribution is -2.35. The first-order chi connectivity index (χ1) is 15.4. The third-order valence-electron chi connectivity index (χ3n) is 6.52. The van der Waals surface area contributed by atoms with Gasteiger partial charge in [0.2, 0.25) is 10.0 Å². The second-order valence-corrected chi connectivity index (χ2v) is 11.4. The number of rotatable bonds is 4. The van der Waals surface area contributed by atoms with Crippen LogP contribution in [0.2, 0.25) is 10.0 Å². The van der Waals surface area contributed by atoms with E-state index in [0.29, 0.717) is 24.0 Å². The van der Waals surface area contributed by atoms with Crippen molar-refractivity contribution in [1.29, 1.82) is 0 Å². The fraction of sp³-hybridized carbons (Fsp3) is 0.280. The first kappa shape index (κ1) is 21.9. The Hall–Kier alpha value is -1.89. The molecule has 0 amide bonds. The Balaban J connectivity index is 1.49. The average molecular weight is 487 g/mol. The van der Waals surface area contributed by atoms with Crippen molar-refractivity contribution in [3.63, 3.8) is 0 Å². The molecule has 5 rings (SSSR count). The number of sulfonamides is 1. The molecule has 2 atom stereocenters. The maximum Gasteiger partial charge on any atom is 0.244 e. The molecule has 7 heteroatoms. The normalized spacial score (nSPS) is 21.7. The van der Waals surface area contributed by atoms with Gasteiger partial charge in [-0.1, -0.05) is 77.8 Å². The first-order valence-corrected chi connectivity index (χ1v) is 12.9. The van der Waals surface area contributed by atoms with Gasteiger partial charge in [-0.05, 0) is 40.8 Å². The van der Waals surface area contributed by atoms with E-state index in [2.05, 4.69) is 35.2 Å². The maximum absolute atomic E-state index is 13.7. The van der Waals surface area contributed by atoms with E-state index in [1.165, 1.54) is 17.2 Å². The lowest BCUT2D eigenvalue weighted by molar-refractivity contribution is 0.293. The molecule has 0 unspecified atom stereocenters. The van der Waals surface area contributed by atoms with Crippen molar-refractivity contribution >= 4 is 33.2 Å². The first-order valence-electron chi connectivity index (χ1n) is 10.7. The van der Waals surface area contributed by atoms with Crippen LogP contribution >= 0.6 is 23.2 Å². The van der Waals surface area contributed by atoms with Crippen LogP contribution in [-0.4, -0.2) is 37.3 Å². The van der Waals surface area contributed by atoms with Crippen LogP contribution in [-0.2, 0) is 23.1 Å². The van der Waals surface area contributed by atoms with Crippen LogP contribution < -0.4 is 0 Å². The topological polar surface area (TPSA) is 40.6 Å². The van der Waals surface area contributed by atoms with Gasteiger partial charge < -0.3 is 0 Å². The monoisotopic (exact) mass is 486 g/mol. The summed E-state index contributed by atoms with van der Waals surface area (Å²) in [7, 11) is -3.80. The van der Waals surface area contributed by atoms with Gasteiger partial charge in [-0.15, -0.1) is 0 Å². The van der Waals surface area contributed by atoms with Crippen molar-refractivity contribution in [2.75, 3.05) is 19.6 Å². The van der Waals surface area contributed by atoms with Gasteiger partial charge in [0.1, 0.15) is 4.90 Å². The van der Waals surface area contributed by atoms with Crippen LogP contribution in [0.5, 0.6) is 0 Å². The van der Waals surface area contributed by atoms with Crippen molar-refractivity contribution < 1.29 is 8.42 Å². The van der Waals surface area contributed by atoms with Gasteiger partial charge in [0.15, 0.2) is 0 Å². The fourth-order valence-corrected chi connectivity index (χ4v) is 7.23. The Bertz CT molecular complexity index is 1230. The van der Waals surface area contributed by atoms with E-state index >= 15 is 0 Å². The van der Waals surface area contributed by atoms with Crippen LogP contribution in [0.3, 0.4) is 0 Å². The SMILES string of the molecule is O=S(=O)(c1cc(Cl)ccc1Cl)N1Cc2ccccc2[C@H]2CN(Cc3ccccc3)C[C@@H]2C1. The third kappa shape index (κ3) is 4.20. The molecule has 4 nitrogen and oxygen atoms in total. The van der Waals surface area contributed by atoms with Gasteiger partial charge in [0.25, 0.3) is 0 Å². The number of halogens is 2. The van der Waals surface area contributed by atoms with E-state index in [9.17, 15) is 8.42 Å². The predicted molar refractivity (Wildman–Crippen MR) is 128 cm³/mol. The van der Waals surface area contributed by atoms with Crippen molar-refractivity contribution in [3.8, 4) is 0 Å². The van der Waals surface area contributed by atoms with Gasteiger partial charge in [0, 0.05) is 43.7 Å². The Morgan fingerprint density at radius 1 is 0.875 bits per heavy atom. The second kappa shape index (κ2) is 8.81. The number of hydrogen-bond donors (Lipinski definition) is 0. The van der Waals surface area contributed by atoms with E-state index in [-0.39, 0.29) is 15.8 Å². The van der Waals surface area contributed by atoms with Crippen molar-refractivity contribution in [1.82, 2.24) is 9.21 Å². The summed E-state index contributed by atoms with van der Waals surface area (Å²) in [4.78, 5) is 2.51. The summed E-state index contributed by atoms with van der Waals surface area (Å²) in [6, 6.07) is 23.2. The summed E-state index contributed by atoms with van der Waals surface area (Å²) >= 11 is 12.4. The van der Waals surface area contributed by atoms with E-state index in [0.717, 1.165) is 25.2 Å². The minimum Gasteiger partial charge on any atom is -0.298 e. The molecule has 1 saturated heterocycles. The lowest BCUT2D eigenvalue weighted by Gasteiger charge is -2.25. The summed E-state index contributed by atoms with van der Waals surface area (Å²) in [5, 5.41) is 0.552. The molecule has 2 heterocycles. The van der Waals surface area contributed by atoms with Gasteiger partial charge in [-0.2, -0.15) is 4.31 Å². The van der Waals surface area contributed by atoms with Gasteiger partial charge in [-0.3, -0.25) is 4.90 Å². The summed E-state index contributed by atoms with van der Waals surface area (Å²) in [5.74, 6) is 0.500. The average Bonchev–Trinajstić information content (AvgIpc) is 3.10. The number of benzene rings is 3. The van der Waals surface area contributed by atoms with Crippen molar-refractivity contribution in [2.24, 2.45) is 5.92 Å². The summed E-state index contributed by atoms with van der Waals surface area (Å²) < 4.78 is 28.9. The minimum absolute atomic E-state index is 0.0711. The molecule has 32 heavy (non-hydrogen) atoms. The molecule has 2 aliphatic heterocycles. The van der Waals surface area contributed by atoms with Gasteiger partial charge >= 0.3 is 0 Å². The third-order valence-corrected chi connectivity index (χ3v) is 9.04. The number of likely N-dealkylation sites (tertiary alicyclic amines) is 1. The summed E-state index contributed by atoms with van der Waals surface area (Å²) in [6.45, 7) is 3.43. The maximum atomic E-state index is 13.7. The highest BCUT2D eigenvalue weighted by Crippen LogP contribution is 2.40. The Morgan fingerprint density at radius 3 is 2.44 bits per heavy atom. The zero-order valence-electron chi connectivity index (χ0n) is 17.5. The highest BCUT2D eigenvalue weighted by atomic mass is 35.5. The molecule has 2 aliphatic rings. The van der Waals surface area contributed by atoms with Gasteiger partial charge in [-0.25, -0.2) is 8.42 Å². The summed E-state index contributed by atoms with van der Waals surface area (Å²) in [5.41, 5.74) is 3.58. The summed E-state index contributed by atoms with van der Waals surface area (Å²) in [6.07, 6.45) is 0. The second-order valence-electron chi connectivity index (χ2n) is 8.62. The zero-order valence-corrected chi connectivity index (χ0v) is 19.8. The highest BCUT2D eigenvalue weighted by Gasteiger charge is 2.41. The van der Waals surface area contributed by atoms with Crippen LogP contribution in [0, 0.1) is 5.92 Å².